The largest absolute Gasteiger partial charge is 0.468 e. The molecule has 0 amide bonds. The molecule has 0 nitrogen and oxygen atoms in total. The monoisotopic (exact) mass is 265 g/mol. The molecule has 1 radical (unpaired) electrons. The SMILES string of the molecule is CCCCc1c[c]ccc1.C[CH2][Mg][Br]. The van der Waals surface area contributed by atoms with Gasteiger partial charge in [0.25, 0.3) is 0 Å². The molecule has 1 aromatic rings. The van der Waals surface area contributed by atoms with Crippen LogP contribution in [0.1, 0.15) is 32.3 Å². The molecule has 14 heavy (non-hydrogen) atoms. The smallest absolute Gasteiger partial charge is 0.307 e. The van der Waals surface area contributed by atoms with Gasteiger partial charge in [0.15, 0.2) is 0 Å². The zero-order chi connectivity index (χ0) is 10.6. The molecular weight excluding hydrogens is 248 g/mol. The Kier molecular flexibility index (Phi) is 11.9. The first-order valence-electron chi connectivity index (χ1n) is 5.36. The van der Waals surface area contributed by atoms with Crippen molar-refractivity contribution in [3.05, 3.63) is 35.9 Å². The summed E-state index contributed by atoms with van der Waals surface area (Å²) in [6.45, 7) is 4.41. The lowest BCUT2D eigenvalue weighted by atomic mass is 10.1. The fourth-order valence-corrected chi connectivity index (χ4v) is 0.967. The molecule has 1 aromatic carbocycles. The van der Waals surface area contributed by atoms with Gasteiger partial charge in [-0.3, -0.25) is 0 Å². The van der Waals surface area contributed by atoms with Crippen molar-refractivity contribution in [2.75, 3.05) is 0 Å². The minimum atomic E-state index is 0.237. The van der Waals surface area contributed by atoms with Gasteiger partial charge in [0.1, 0.15) is 0 Å². The van der Waals surface area contributed by atoms with E-state index >= 15 is 0 Å². The highest BCUT2D eigenvalue weighted by molar-refractivity contribution is 9.23. The van der Waals surface area contributed by atoms with Crippen LogP contribution in [-0.4, -0.2) is 18.2 Å². The van der Waals surface area contributed by atoms with Gasteiger partial charge in [-0.2, -0.15) is 0 Å². The molecule has 0 unspecified atom stereocenters. The first-order valence-corrected chi connectivity index (χ1v) is 10.3. The van der Waals surface area contributed by atoms with Crippen molar-refractivity contribution in [2.24, 2.45) is 0 Å². The number of benzene rings is 1. The van der Waals surface area contributed by atoms with Crippen LogP contribution in [0.2, 0.25) is 4.55 Å². The number of aryl methyl sites for hydroxylation is 1. The van der Waals surface area contributed by atoms with Crippen LogP contribution in [0.5, 0.6) is 0 Å². The first-order chi connectivity index (χ1) is 6.85. The fraction of sp³-hybridized carbons (Fsp3) is 0.500. The second-order valence-electron chi connectivity index (χ2n) is 3.20. The Bertz CT molecular complexity index is 197. The Morgan fingerprint density at radius 3 is 2.57 bits per heavy atom. The Labute approximate surface area is 104 Å². The average molecular weight is 266 g/mol. The lowest BCUT2D eigenvalue weighted by Gasteiger charge is -1.96. The topological polar surface area (TPSA) is 0 Å². The van der Waals surface area contributed by atoms with Gasteiger partial charge in [0, 0.05) is 0 Å². The van der Waals surface area contributed by atoms with Crippen LogP contribution in [-0.2, 0) is 6.42 Å². The maximum absolute atomic E-state index is 3.39. The molecule has 2 heteroatoms. The third-order valence-corrected chi connectivity index (χ3v) is 4.54. The van der Waals surface area contributed by atoms with Crippen molar-refractivity contribution in [3.8, 4) is 0 Å². The van der Waals surface area contributed by atoms with E-state index in [1.807, 2.05) is 12.1 Å². The van der Waals surface area contributed by atoms with Crippen LogP contribution in [0, 0.1) is 6.07 Å². The lowest BCUT2D eigenvalue weighted by Crippen LogP contribution is -1.81. The van der Waals surface area contributed by atoms with Crippen molar-refractivity contribution < 1.29 is 0 Å². The van der Waals surface area contributed by atoms with Gasteiger partial charge in [0.05, 0.1) is 0 Å². The molecule has 0 atom stereocenters. The van der Waals surface area contributed by atoms with Crippen LogP contribution in [0.25, 0.3) is 0 Å². The predicted molar refractivity (Wildman–Crippen MR) is 69.1 cm³/mol. The maximum Gasteiger partial charge on any atom is 0.468 e. The third kappa shape index (κ3) is 9.04. The Hall–Kier alpha value is 0.466. The molecule has 0 fully saturated rings. The van der Waals surface area contributed by atoms with Gasteiger partial charge in [-0.25, -0.2) is 0 Å². The number of halogens is 1. The second kappa shape index (κ2) is 11.5. The van der Waals surface area contributed by atoms with Crippen LogP contribution in [0.4, 0.5) is 0 Å². The van der Waals surface area contributed by atoms with E-state index in [2.05, 4.69) is 44.9 Å². The van der Waals surface area contributed by atoms with E-state index in [-0.39, 0.29) is 18.2 Å². The summed E-state index contributed by atoms with van der Waals surface area (Å²) in [7, 11) is 0. The summed E-state index contributed by atoms with van der Waals surface area (Å²) in [6, 6.07) is 11.3. The molecule has 0 heterocycles. The third-order valence-electron chi connectivity index (χ3n) is 1.78. The van der Waals surface area contributed by atoms with E-state index in [1.165, 1.54) is 29.4 Å². The normalized spacial score (nSPS) is 8.50. The molecule has 0 saturated carbocycles. The quantitative estimate of drug-likeness (QED) is 0.714. The molecule has 0 spiro atoms. The molecule has 0 aliphatic carbocycles. The fourth-order valence-electron chi connectivity index (χ4n) is 0.967. The van der Waals surface area contributed by atoms with Crippen molar-refractivity contribution in [3.63, 3.8) is 0 Å². The van der Waals surface area contributed by atoms with Gasteiger partial charge in [-0.05, 0) is 24.5 Å². The highest BCUT2D eigenvalue weighted by atomic mass is 79.9. The van der Waals surface area contributed by atoms with E-state index in [0.29, 0.717) is 0 Å². The van der Waals surface area contributed by atoms with Gasteiger partial charge in [0.2, 0.25) is 0 Å². The molecule has 0 aliphatic heterocycles. The zero-order valence-electron chi connectivity index (χ0n) is 9.22. The maximum atomic E-state index is 3.39. The van der Waals surface area contributed by atoms with E-state index in [1.54, 1.807) is 0 Å². The zero-order valence-corrected chi connectivity index (χ0v) is 12.2. The van der Waals surface area contributed by atoms with E-state index in [9.17, 15) is 0 Å². The van der Waals surface area contributed by atoms with Crippen molar-refractivity contribution in [1.82, 2.24) is 0 Å². The second-order valence-corrected chi connectivity index (χ2v) is 6.96. The van der Waals surface area contributed by atoms with Gasteiger partial charge < -0.3 is 12.9 Å². The van der Waals surface area contributed by atoms with E-state index in [4.69, 9.17) is 0 Å². The van der Waals surface area contributed by atoms with E-state index < -0.39 is 0 Å². The first kappa shape index (κ1) is 14.5. The summed E-state index contributed by atoms with van der Waals surface area (Å²) < 4.78 is 1.38. The average Bonchev–Trinajstić information content (AvgIpc) is 2.28. The molecule has 1 rings (SSSR count). The lowest BCUT2D eigenvalue weighted by molar-refractivity contribution is 0.795. The molecule has 75 valence electrons. The predicted octanol–water partition coefficient (Wildman–Crippen LogP) is 4.27. The molecule has 0 aliphatic rings. The molecule has 0 N–H and O–H groups in total. The van der Waals surface area contributed by atoms with Gasteiger partial charge >= 0.3 is 18.2 Å². The van der Waals surface area contributed by atoms with Crippen molar-refractivity contribution >= 4 is 31.1 Å². The summed E-state index contributed by atoms with van der Waals surface area (Å²) in [5.41, 5.74) is 1.41. The van der Waals surface area contributed by atoms with Gasteiger partial charge in [-0.1, -0.05) is 44.5 Å². The highest BCUT2D eigenvalue weighted by Crippen LogP contribution is 2.02. The number of unbranched alkanes of at least 4 members (excludes halogenated alkanes) is 1. The van der Waals surface area contributed by atoms with Crippen LogP contribution < -0.4 is 0 Å². The van der Waals surface area contributed by atoms with Crippen molar-refractivity contribution in [1.29, 1.82) is 0 Å². The Morgan fingerprint density at radius 1 is 1.43 bits per heavy atom. The summed E-state index contributed by atoms with van der Waals surface area (Å²) in [6.07, 6.45) is 3.76. The standard InChI is InChI=1S/C10H13.C2H5.BrH.Mg/c1-2-3-7-10-8-5-4-6-9-10;1-2;;/h4-5,8-9H,2-3,7H2,1H3;1H2,2H3;1H;/q;;;+1/p-1. The van der Waals surface area contributed by atoms with E-state index in [0.717, 1.165) is 0 Å². The molecular formula is C12H18BrMg. The summed E-state index contributed by atoms with van der Waals surface area (Å²) >= 11 is 3.62. The van der Waals surface area contributed by atoms with Crippen LogP contribution >= 0.6 is 12.9 Å². The molecule has 0 aromatic heterocycles. The number of hydrogen-bond acceptors (Lipinski definition) is 0. The van der Waals surface area contributed by atoms with Crippen LogP contribution in [0.3, 0.4) is 0 Å². The summed E-state index contributed by atoms with van der Waals surface area (Å²) in [5, 5.41) is 0. The number of rotatable bonds is 4. The number of hydrogen-bond donors (Lipinski definition) is 0. The highest BCUT2D eigenvalue weighted by Gasteiger charge is 1.87. The molecule has 0 bridgehead atoms. The minimum Gasteiger partial charge on any atom is -0.307 e. The minimum absolute atomic E-state index is 0.237. The van der Waals surface area contributed by atoms with Gasteiger partial charge in [-0.15, -0.1) is 4.55 Å². The van der Waals surface area contributed by atoms with Crippen molar-refractivity contribution in [2.45, 2.75) is 37.7 Å². The summed E-state index contributed by atoms with van der Waals surface area (Å²) in [4.78, 5) is 0. The Balaban J connectivity index is 0.000000364. The summed E-state index contributed by atoms with van der Waals surface area (Å²) in [5.74, 6) is 0. The Morgan fingerprint density at radius 2 is 2.14 bits per heavy atom. The van der Waals surface area contributed by atoms with Crippen LogP contribution in [0.15, 0.2) is 24.3 Å². The molecule has 0 saturated heterocycles.